The Kier molecular flexibility index (Phi) is 4.73. The van der Waals surface area contributed by atoms with Gasteiger partial charge in [-0.3, -0.25) is 9.69 Å². The number of benzene rings is 1. The first-order valence-corrected chi connectivity index (χ1v) is 8.40. The van der Waals surface area contributed by atoms with E-state index in [1.165, 1.54) is 37.4 Å². The van der Waals surface area contributed by atoms with Crippen LogP contribution in [0, 0.1) is 12.7 Å². The minimum atomic E-state index is -1.27. The predicted molar refractivity (Wildman–Crippen MR) is 92.2 cm³/mol. The first-order chi connectivity index (χ1) is 12.8. The number of nitrogens with zero attached hydrogens (tertiary/aromatic N) is 1. The molecule has 3 amide bonds. The lowest BCUT2D eigenvalue weighted by atomic mass is 9.87. The van der Waals surface area contributed by atoms with Gasteiger partial charge in [0.05, 0.1) is 13.7 Å². The van der Waals surface area contributed by atoms with Crippen molar-refractivity contribution in [1.82, 2.24) is 10.2 Å². The lowest BCUT2D eigenvalue weighted by Gasteiger charge is -2.25. The molecular weight excluding hydrogens is 355 g/mol. The Bertz CT molecular complexity index is 905. The van der Waals surface area contributed by atoms with Crippen molar-refractivity contribution in [2.75, 3.05) is 7.11 Å². The standard InChI is InChI=1S/C19H19FN2O5/c1-4-19(12-5-7-13(20)8-6-12)17(24)22(18(25)21-19)10-14-9-15(11(2)27-14)16(23)26-3/h5-9H,4,10H2,1-3H3,(H,21,25). The van der Waals surface area contributed by atoms with E-state index < -0.39 is 29.3 Å². The number of nitrogens with one attached hydrogen (secondary N) is 1. The van der Waals surface area contributed by atoms with E-state index in [9.17, 15) is 18.8 Å². The van der Waals surface area contributed by atoms with Gasteiger partial charge in [-0.1, -0.05) is 19.1 Å². The maximum atomic E-state index is 13.2. The molecule has 1 unspecified atom stereocenters. The normalized spacial score (nSPS) is 19.3. The van der Waals surface area contributed by atoms with Gasteiger partial charge in [0.15, 0.2) is 0 Å². The van der Waals surface area contributed by atoms with Crippen molar-refractivity contribution in [2.45, 2.75) is 32.4 Å². The van der Waals surface area contributed by atoms with Gasteiger partial charge in [-0.2, -0.15) is 0 Å². The fourth-order valence-electron chi connectivity index (χ4n) is 3.23. The molecule has 1 aliphatic heterocycles. The number of aryl methyl sites for hydroxylation is 1. The molecule has 2 heterocycles. The third-order valence-electron chi connectivity index (χ3n) is 4.73. The summed E-state index contributed by atoms with van der Waals surface area (Å²) in [5.74, 6) is -0.837. The molecule has 1 atom stereocenters. The number of methoxy groups -OCH3 is 1. The summed E-state index contributed by atoms with van der Waals surface area (Å²) in [4.78, 5) is 38.3. The Morgan fingerprint density at radius 1 is 1.30 bits per heavy atom. The lowest BCUT2D eigenvalue weighted by molar-refractivity contribution is -0.132. The smallest absolute Gasteiger partial charge is 0.341 e. The van der Waals surface area contributed by atoms with Gasteiger partial charge < -0.3 is 14.5 Å². The molecule has 1 N–H and O–H groups in total. The quantitative estimate of drug-likeness (QED) is 0.642. The summed E-state index contributed by atoms with van der Waals surface area (Å²) in [6.07, 6.45) is 0.296. The second kappa shape index (κ2) is 6.86. The Morgan fingerprint density at radius 2 is 1.96 bits per heavy atom. The zero-order valence-corrected chi connectivity index (χ0v) is 15.2. The fraction of sp³-hybridized carbons (Fsp3) is 0.316. The molecule has 1 fully saturated rings. The summed E-state index contributed by atoms with van der Waals surface area (Å²) in [6.45, 7) is 3.22. The second-order valence-electron chi connectivity index (χ2n) is 6.26. The number of urea groups is 1. The van der Waals surface area contributed by atoms with Crippen LogP contribution < -0.4 is 5.32 Å². The largest absolute Gasteiger partial charge is 0.465 e. The van der Waals surface area contributed by atoms with Gasteiger partial charge in [0, 0.05) is 0 Å². The van der Waals surface area contributed by atoms with Crippen LogP contribution in [0.4, 0.5) is 9.18 Å². The van der Waals surface area contributed by atoms with Gasteiger partial charge in [0.1, 0.15) is 28.4 Å². The predicted octanol–water partition coefficient (Wildman–Crippen LogP) is 2.87. The minimum Gasteiger partial charge on any atom is -0.465 e. The van der Waals surface area contributed by atoms with Gasteiger partial charge in [0.25, 0.3) is 5.91 Å². The molecule has 2 aromatic rings. The lowest BCUT2D eigenvalue weighted by Crippen LogP contribution is -2.43. The maximum absolute atomic E-state index is 13.2. The second-order valence-corrected chi connectivity index (χ2v) is 6.26. The summed E-state index contributed by atoms with van der Waals surface area (Å²) in [6, 6.07) is 6.31. The van der Waals surface area contributed by atoms with Crippen LogP contribution in [0.25, 0.3) is 0 Å². The average Bonchev–Trinajstić information content (AvgIpc) is 3.14. The highest BCUT2D eigenvalue weighted by Crippen LogP contribution is 2.33. The monoisotopic (exact) mass is 374 g/mol. The molecule has 3 rings (SSSR count). The molecule has 27 heavy (non-hydrogen) atoms. The van der Waals surface area contributed by atoms with E-state index in [1.807, 2.05) is 0 Å². The molecule has 1 saturated heterocycles. The molecule has 7 nitrogen and oxygen atoms in total. The zero-order chi connectivity index (χ0) is 19.8. The Balaban J connectivity index is 1.90. The van der Waals surface area contributed by atoms with Crippen LogP contribution in [-0.2, 0) is 21.6 Å². The minimum absolute atomic E-state index is 0.133. The maximum Gasteiger partial charge on any atom is 0.341 e. The van der Waals surface area contributed by atoms with Crippen LogP contribution in [0.3, 0.4) is 0 Å². The van der Waals surface area contributed by atoms with E-state index in [-0.39, 0.29) is 17.9 Å². The van der Waals surface area contributed by atoms with E-state index >= 15 is 0 Å². The summed E-state index contributed by atoms with van der Waals surface area (Å²) >= 11 is 0. The van der Waals surface area contributed by atoms with Crippen molar-refractivity contribution in [2.24, 2.45) is 0 Å². The SMILES string of the molecule is CCC1(c2ccc(F)cc2)NC(=O)N(Cc2cc(C(=O)OC)c(C)o2)C1=O. The summed E-state index contributed by atoms with van der Waals surface area (Å²) < 4.78 is 23.4. The number of furan rings is 1. The molecule has 0 saturated carbocycles. The van der Waals surface area contributed by atoms with Gasteiger partial charge in [-0.15, -0.1) is 0 Å². The van der Waals surface area contributed by atoms with Crippen molar-refractivity contribution in [1.29, 1.82) is 0 Å². The van der Waals surface area contributed by atoms with Crippen LogP contribution in [0.15, 0.2) is 34.7 Å². The molecule has 0 spiro atoms. The highest BCUT2D eigenvalue weighted by atomic mass is 19.1. The molecule has 142 valence electrons. The highest BCUT2D eigenvalue weighted by Gasteiger charge is 2.51. The molecule has 0 bridgehead atoms. The first-order valence-electron chi connectivity index (χ1n) is 8.40. The number of hydrogen-bond donors (Lipinski definition) is 1. The number of rotatable bonds is 5. The van der Waals surface area contributed by atoms with E-state index in [4.69, 9.17) is 4.42 Å². The zero-order valence-electron chi connectivity index (χ0n) is 15.2. The first kappa shape index (κ1) is 18.6. The molecule has 0 aliphatic carbocycles. The van der Waals surface area contributed by atoms with Crippen LogP contribution in [0.2, 0.25) is 0 Å². The van der Waals surface area contributed by atoms with Crippen molar-refractivity contribution in [3.63, 3.8) is 0 Å². The van der Waals surface area contributed by atoms with Crippen LogP contribution >= 0.6 is 0 Å². The van der Waals surface area contributed by atoms with Gasteiger partial charge in [0.2, 0.25) is 0 Å². The number of carbonyl (C=O) groups is 3. The van der Waals surface area contributed by atoms with Gasteiger partial charge in [-0.25, -0.2) is 14.0 Å². The number of hydrogen-bond acceptors (Lipinski definition) is 5. The average molecular weight is 374 g/mol. The summed E-state index contributed by atoms with van der Waals surface area (Å²) in [5.41, 5.74) is -0.532. The number of imide groups is 1. The number of ether oxygens (including phenoxy) is 1. The topological polar surface area (TPSA) is 88.8 Å². The number of amides is 3. The van der Waals surface area contributed by atoms with Crippen LogP contribution in [-0.4, -0.2) is 29.9 Å². The van der Waals surface area contributed by atoms with E-state index in [1.54, 1.807) is 13.8 Å². The molecular formula is C19H19FN2O5. The molecule has 0 radical (unpaired) electrons. The molecule has 1 aromatic heterocycles. The summed E-state index contributed by atoms with van der Waals surface area (Å²) in [7, 11) is 1.25. The van der Waals surface area contributed by atoms with E-state index in [2.05, 4.69) is 10.1 Å². The molecule has 1 aliphatic rings. The van der Waals surface area contributed by atoms with Crippen molar-refractivity contribution in [3.8, 4) is 0 Å². The third kappa shape index (κ3) is 3.07. The number of carbonyl (C=O) groups excluding carboxylic acids is 3. The molecule has 8 heteroatoms. The van der Waals surface area contributed by atoms with Crippen LogP contribution in [0.1, 0.15) is 40.8 Å². The Labute approximate surface area is 155 Å². The van der Waals surface area contributed by atoms with Crippen molar-refractivity contribution >= 4 is 17.9 Å². The van der Waals surface area contributed by atoms with Gasteiger partial charge >= 0.3 is 12.0 Å². The highest BCUT2D eigenvalue weighted by molar-refractivity contribution is 6.07. The number of esters is 1. The van der Waals surface area contributed by atoms with Crippen molar-refractivity contribution in [3.05, 3.63) is 58.8 Å². The van der Waals surface area contributed by atoms with E-state index in [0.29, 0.717) is 17.7 Å². The van der Waals surface area contributed by atoms with Crippen LogP contribution in [0.5, 0.6) is 0 Å². The fourth-order valence-corrected chi connectivity index (χ4v) is 3.23. The van der Waals surface area contributed by atoms with E-state index in [0.717, 1.165) is 4.90 Å². The molecule has 1 aromatic carbocycles. The Hall–Kier alpha value is -3.16. The summed E-state index contributed by atoms with van der Waals surface area (Å²) in [5, 5.41) is 2.71. The Morgan fingerprint density at radius 3 is 2.56 bits per heavy atom. The third-order valence-corrected chi connectivity index (χ3v) is 4.73. The van der Waals surface area contributed by atoms with Gasteiger partial charge in [-0.05, 0) is 37.1 Å². The number of halogens is 1. The van der Waals surface area contributed by atoms with Crippen molar-refractivity contribution < 1.29 is 27.9 Å².